The van der Waals surface area contributed by atoms with Crippen LogP contribution >= 0.6 is 0 Å². The van der Waals surface area contributed by atoms with Gasteiger partial charge in [-0.15, -0.1) is 0 Å². The fraction of sp³-hybridized carbons (Fsp3) is 0.692. The molecular weight excluding hydrogens is 266 g/mol. The molecule has 1 aliphatic rings. The van der Waals surface area contributed by atoms with Crippen LogP contribution in [0.1, 0.15) is 26.7 Å². The lowest BCUT2D eigenvalue weighted by atomic mass is 10.2. The van der Waals surface area contributed by atoms with Crippen LogP contribution in [0.5, 0.6) is 0 Å². The fourth-order valence-electron chi connectivity index (χ4n) is 2.04. The number of rotatable bonds is 6. The second kappa shape index (κ2) is 6.19. The number of amides is 2. The van der Waals surface area contributed by atoms with Gasteiger partial charge >= 0.3 is 6.03 Å². The molecule has 0 saturated heterocycles. The van der Waals surface area contributed by atoms with E-state index >= 15 is 0 Å². The third-order valence-electron chi connectivity index (χ3n) is 3.02. The van der Waals surface area contributed by atoms with Crippen molar-refractivity contribution in [2.24, 2.45) is 5.92 Å². The van der Waals surface area contributed by atoms with E-state index in [1.165, 1.54) is 12.4 Å². The second-order valence-corrected chi connectivity index (χ2v) is 5.55. The Kier molecular flexibility index (Phi) is 4.57. The molecule has 0 aromatic carbocycles. The maximum absolute atomic E-state index is 12.2. The number of urea groups is 1. The maximum atomic E-state index is 12.2. The van der Waals surface area contributed by atoms with Crippen molar-refractivity contribution in [1.82, 2.24) is 14.7 Å². The Bertz CT molecular complexity index is 457. The van der Waals surface area contributed by atoms with E-state index in [2.05, 4.69) is 24.3 Å². The molecular formula is C13H20F2N4O. The van der Waals surface area contributed by atoms with E-state index in [0.29, 0.717) is 24.2 Å². The molecule has 0 aliphatic heterocycles. The summed E-state index contributed by atoms with van der Waals surface area (Å²) < 4.78 is 25.6. The van der Waals surface area contributed by atoms with Crippen molar-refractivity contribution in [2.45, 2.75) is 45.7 Å². The lowest BCUT2D eigenvalue weighted by Gasteiger charge is -2.24. The molecule has 0 atom stereocenters. The number of hydrogen-bond acceptors (Lipinski definition) is 2. The van der Waals surface area contributed by atoms with E-state index in [4.69, 9.17) is 0 Å². The molecule has 5 nitrogen and oxygen atoms in total. The zero-order valence-corrected chi connectivity index (χ0v) is 11.7. The summed E-state index contributed by atoms with van der Waals surface area (Å²) in [5.41, 5.74) is 0.449. The van der Waals surface area contributed by atoms with Crippen molar-refractivity contribution in [3.63, 3.8) is 0 Å². The highest BCUT2D eigenvalue weighted by Gasteiger charge is 2.32. The molecule has 1 fully saturated rings. The number of hydrogen-bond donors (Lipinski definition) is 1. The van der Waals surface area contributed by atoms with Crippen molar-refractivity contribution in [1.29, 1.82) is 0 Å². The maximum Gasteiger partial charge on any atom is 0.322 e. The van der Waals surface area contributed by atoms with E-state index in [0.717, 1.165) is 17.5 Å². The van der Waals surface area contributed by atoms with E-state index in [-0.39, 0.29) is 6.03 Å². The van der Waals surface area contributed by atoms with Gasteiger partial charge in [0.2, 0.25) is 0 Å². The molecule has 2 rings (SSSR count). The minimum absolute atomic E-state index is 0.183. The second-order valence-electron chi connectivity index (χ2n) is 5.55. The largest absolute Gasteiger partial charge is 0.322 e. The molecule has 20 heavy (non-hydrogen) atoms. The highest BCUT2D eigenvalue weighted by molar-refractivity contribution is 5.89. The normalized spacial score (nSPS) is 14.9. The summed E-state index contributed by atoms with van der Waals surface area (Å²) in [5, 5.41) is 6.51. The van der Waals surface area contributed by atoms with E-state index < -0.39 is 13.0 Å². The van der Waals surface area contributed by atoms with Gasteiger partial charge in [-0.05, 0) is 18.8 Å². The molecule has 2 amide bonds. The topological polar surface area (TPSA) is 50.2 Å². The molecule has 112 valence electrons. The van der Waals surface area contributed by atoms with Gasteiger partial charge in [-0.25, -0.2) is 13.6 Å². The summed E-state index contributed by atoms with van der Waals surface area (Å²) in [4.78, 5) is 14.0. The first-order valence-electron chi connectivity index (χ1n) is 6.84. The van der Waals surface area contributed by atoms with Crippen molar-refractivity contribution >= 4 is 11.7 Å². The zero-order valence-electron chi connectivity index (χ0n) is 11.7. The van der Waals surface area contributed by atoms with Crippen molar-refractivity contribution in [3.05, 3.63) is 12.4 Å². The molecule has 0 unspecified atom stereocenters. The molecule has 7 heteroatoms. The van der Waals surface area contributed by atoms with E-state index in [9.17, 15) is 13.6 Å². The summed E-state index contributed by atoms with van der Waals surface area (Å²) in [7, 11) is 0. The lowest BCUT2D eigenvalue weighted by Crippen LogP contribution is -2.39. The Hall–Kier alpha value is -1.66. The number of aromatic nitrogens is 2. The van der Waals surface area contributed by atoms with Gasteiger partial charge in [0, 0.05) is 18.8 Å². The highest BCUT2D eigenvalue weighted by atomic mass is 19.3. The number of nitrogens with one attached hydrogen (secondary N) is 1. The van der Waals surface area contributed by atoms with Gasteiger partial charge < -0.3 is 10.2 Å². The zero-order chi connectivity index (χ0) is 14.7. The molecule has 1 aliphatic carbocycles. The van der Waals surface area contributed by atoms with Crippen LogP contribution in [-0.4, -0.2) is 39.7 Å². The first-order chi connectivity index (χ1) is 9.45. The van der Waals surface area contributed by atoms with Gasteiger partial charge in [-0.1, -0.05) is 13.8 Å². The number of nitrogens with zero attached hydrogens (tertiary/aromatic N) is 3. The molecule has 0 spiro atoms. The minimum Gasteiger partial charge on any atom is -0.321 e. The standard InChI is InChI=1S/C13H20F2N4O/c1-9(2)6-19(11-3-4-11)13(20)17-10-5-16-18(7-10)8-12(14)15/h5,7,9,11-12H,3-4,6,8H2,1-2H3,(H,17,20). The summed E-state index contributed by atoms with van der Waals surface area (Å²) in [5.74, 6) is 0.392. The Morgan fingerprint density at radius 1 is 1.55 bits per heavy atom. The summed E-state index contributed by atoms with van der Waals surface area (Å²) in [6, 6.07) is 0.131. The fourth-order valence-corrected chi connectivity index (χ4v) is 2.04. The van der Waals surface area contributed by atoms with Crippen molar-refractivity contribution in [3.8, 4) is 0 Å². The number of carbonyl (C=O) groups excluding carboxylic acids is 1. The van der Waals surface area contributed by atoms with Crippen LogP contribution in [0.15, 0.2) is 12.4 Å². The third-order valence-corrected chi connectivity index (χ3v) is 3.02. The molecule has 1 aromatic rings. The highest BCUT2D eigenvalue weighted by Crippen LogP contribution is 2.28. The Labute approximate surface area is 116 Å². The van der Waals surface area contributed by atoms with Gasteiger partial charge in [-0.2, -0.15) is 5.10 Å². The van der Waals surface area contributed by atoms with Gasteiger partial charge in [0.25, 0.3) is 6.43 Å². The number of carbonyl (C=O) groups is 1. The van der Waals surface area contributed by atoms with Crippen LogP contribution in [0, 0.1) is 5.92 Å². The van der Waals surface area contributed by atoms with Gasteiger partial charge in [0.05, 0.1) is 11.9 Å². The van der Waals surface area contributed by atoms with Crippen molar-refractivity contribution in [2.75, 3.05) is 11.9 Å². The summed E-state index contributed by atoms with van der Waals surface area (Å²) >= 11 is 0. The third kappa shape index (κ3) is 4.18. The number of halogens is 2. The molecule has 0 radical (unpaired) electrons. The van der Waals surface area contributed by atoms with Crippen LogP contribution < -0.4 is 5.32 Å². The Balaban J connectivity index is 1.93. The van der Waals surface area contributed by atoms with Crippen LogP contribution in [0.3, 0.4) is 0 Å². The predicted molar refractivity (Wildman–Crippen MR) is 71.8 cm³/mol. The summed E-state index contributed by atoms with van der Waals surface area (Å²) in [6.07, 6.45) is 2.42. The molecule has 1 heterocycles. The predicted octanol–water partition coefficient (Wildman–Crippen LogP) is 2.80. The summed E-state index contributed by atoms with van der Waals surface area (Å²) in [6.45, 7) is 4.35. The molecule has 1 N–H and O–H groups in total. The van der Waals surface area contributed by atoms with Gasteiger partial charge in [-0.3, -0.25) is 4.68 Å². The molecule has 1 aromatic heterocycles. The average Bonchev–Trinajstić information content (AvgIpc) is 3.08. The molecule has 0 bridgehead atoms. The van der Waals surface area contributed by atoms with Gasteiger partial charge in [0.15, 0.2) is 0 Å². The quantitative estimate of drug-likeness (QED) is 0.874. The number of alkyl halides is 2. The lowest BCUT2D eigenvalue weighted by molar-refractivity contribution is 0.122. The van der Waals surface area contributed by atoms with Crippen LogP contribution in [-0.2, 0) is 6.54 Å². The Morgan fingerprint density at radius 2 is 2.25 bits per heavy atom. The first-order valence-corrected chi connectivity index (χ1v) is 6.84. The average molecular weight is 286 g/mol. The van der Waals surface area contributed by atoms with Crippen molar-refractivity contribution < 1.29 is 13.6 Å². The van der Waals surface area contributed by atoms with Crippen LogP contribution in [0.25, 0.3) is 0 Å². The van der Waals surface area contributed by atoms with E-state index in [1.54, 1.807) is 0 Å². The van der Waals surface area contributed by atoms with Crippen LogP contribution in [0.2, 0.25) is 0 Å². The smallest absolute Gasteiger partial charge is 0.321 e. The van der Waals surface area contributed by atoms with Gasteiger partial charge in [0.1, 0.15) is 6.54 Å². The monoisotopic (exact) mass is 286 g/mol. The molecule has 1 saturated carbocycles. The van der Waals surface area contributed by atoms with Crippen LogP contribution in [0.4, 0.5) is 19.3 Å². The Morgan fingerprint density at radius 3 is 2.80 bits per heavy atom. The number of anilines is 1. The van der Waals surface area contributed by atoms with E-state index in [1.807, 2.05) is 4.90 Å². The first kappa shape index (κ1) is 14.7. The SMILES string of the molecule is CC(C)CN(C(=O)Nc1cnn(CC(F)F)c1)C1CC1. The minimum atomic E-state index is -2.46.